The molecule has 1 fully saturated rings. The predicted molar refractivity (Wildman–Crippen MR) is 82.1 cm³/mol. The lowest BCUT2D eigenvalue weighted by Gasteiger charge is -2.22. The second-order valence-electron chi connectivity index (χ2n) is 6.63. The minimum absolute atomic E-state index is 0.307. The third-order valence-electron chi connectivity index (χ3n) is 4.69. The van der Waals surface area contributed by atoms with E-state index in [1.165, 1.54) is 44.9 Å². The highest BCUT2D eigenvalue weighted by Crippen LogP contribution is 2.23. The second-order valence-corrected chi connectivity index (χ2v) is 6.63. The Hall–Kier alpha value is -0.530. The summed E-state index contributed by atoms with van der Waals surface area (Å²) in [5.74, 6) is 2.09. The van der Waals surface area contributed by atoms with Crippen LogP contribution in [0.1, 0.15) is 78.6 Å². The molecule has 0 radical (unpaired) electrons. The van der Waals surface area contributed by atoms with Crippen molar-refractivity contribution in [1.29, 1.82) is 0 Å². The Morgan fingerprint density at radius 3 is 2.37 bits per heavy atom. The molecule has 112 valence electrons. The van der Waals surface area contributed by atoms with Gasteiger partial charge < -0.3 is 5.32 Å². The third kappa shape index (κ3) is 6.98. The molecule has 0 bridgehead atoms. The molecule has 1 rings (SSSR count). The van der Waals surface area contributed by atoms with Gasteiger partial charge in [-0.2, -0.15) is 0 Å². The van der Waals surface area contributed by atoms with E-state index in [1.54, 1.807) is 0 Å². The van der Waals surface area contributed by atoms with Crippen molar-refractivity contribution in [3.05, 3.63) is 0 Å². The molecule has 19 heavy (non-hydrogen) atoms. The van der Waals surface area contributed by atoms with Gasteiger partial charge in [0.2, 0.25) is 5.91 Å². The standard InChI is InChI=1S/C17H33NO/c1-4-14(2)9-8-10-15(3)13-18-17(19)16-11-6-5-7-12-16/h14-16H,4-13H2,1-3H3,(H,18,19)/t14?,15-/m0/s1. The van der Waals surface area contributed by atoms with Gasteiger partial charge in [-0.15, -0.1) is 0 Å². The van der Waals surface area contributed by atoms with Crippen LogP contribution in [-0.2, 0) is 4.79 Å². The lowest BCUT2D eigenvalue weighted by atomic mass is 9.88. The first kappa shape index (κ1) is 16.5. The van der Waals surface area contributed by atoms with Crippen molar-refractivity contribution in [2.75, 3.05) is 6.54 Å². The molecule has 0 aromatic carbocycles. The summed E-state index contributed by atoms with van der Waals surface area (Å²) >= 11 is 0. The fraction of sp³-hybridized carbons (Fsp3) is 0.941. The predicted octanol–water partition coefficient (Wildman–Crippen LogP) is 4.54. The van der Waals surface area contributed by atoms with Gasteiger partial charge in [0, 0.05) is 12.5 Å². The van der Waals surface area contributed by atoms with Gasteiger partial charge in [0.25, 0.3) is 0 Å². The number of hydrogen-bond acceptors (Lipinski definition) is 1. The SMILES string of the molecule is CCC(C)CCC[C@H](C)CNC(=O)C1CCCCC1. The lowest BCUT2D eigenvalue weighted by Crippen LogP contribution is -2.34. The molecule has 1 aliphatic rings. The van der Waals surface area contributed by atoms with Crippen molar-refractivity contribution in [2.45, 2.75) is 78.6 Å². The van der Waals surface area contributed by atoms with Crippen molar-refractivity contribution in [3.8, 4) is 0 Å². The topological polar surface area (TPSA) is 29.1 Å². The maximum atomic E-state index is 12.0. The molecule has 2 nitrogen and oxygen atoms in total. The van der Waals surface area contributed by atoms with E-state index >= 15 is 0 Å². The number of hydrogen-bond donors (Lipinski definition) is 1. The summed E-state index contributed by atoms with van der Waals surface area (Å²) in [5.41, 5.74) is 0. The zero-order valence-electron chi connectivity index (χ0n) is 13.2. The first-order valence-corrected chi connectivity index (χ1v) is 8.41. The van der Waals surface area contributed by atoms with Gasteiger partial charge in [0.1, 0.15) is 0 Å². The molecule has 0 saturated heterocycles. The number of rotatable bonds is 8. The van der Waals surface area contributed by atoms with Crippen molar-refractivity contribution < 1.29 is 4.79 Å². The lowest BCUT2D eigenvalue weighted by molar-refractivity contribution is -0.126. The highest BCUT2D eigenvalue weighted by molar-refractivity contribution is 5.78. The summed E-state index contributed by atoms with van der Waals surface area (Å²) in [6.07, 6.45) is 11.2. The molecule has 1 unspecified atom stereocenters. The molecule has 1 aliphatic carbocycles. The smallest absolute Gasteiger partial charge is 0.223 e. The van der Waals surface area contributed by atoms with Crippen LogP contribution in [0.3, 0.4) is 0 Å². The third-order valence-corrected chi connectivity index (χ3v) is 4.69. The van der Waals surface area contributed by atoms with E-state index < -0.39 is 0 Å². The molecule has 0 heterocycles. The fourth-order valence-electron chi connectivity index (χ4n) is 2.90. The molecular formula is C17H33NO. The minimum atomic E-state index is 0.307. The average Bonchev–Trinajstić information content (AvgIpc) is 2.45. The van der Waals surface area contributed by atoms with Crippen molar-refractivity contribution in [1.82, 2.24) is 5.32 Å². The maximum absolute atomic E-state index is 12.0. The largest absolute Gasteiger partial charge is 0.356 e. The van der Waals surface area contributed by atoms with Gasteiger partial charge in [-0.1, -0.05) is 59.3 Å². The second kappa shape index (κ2) is 9.39. The zero-order valence-corrected chi connectivity index (χ0v) is 13.2. The average molecular weight is 267 g/mol. The Labute approximate surface area is 119 Å². The van der Waals surface area contributed by atoms with E-state index in [9.17, 15) is 4.79 Å². The summed E-state index contributed by atoms with van der Waals surface area (Å²) in [6, 6.07) is 0. The molecule has 2 heteroatoms. The minimum Gasteiger partial charge on any atom is -0.356 e. The van der Waals surface area contributed by atoms with Crippen LogP contribution >= 0.6 is 0 Å². The Kier molecular flexibility index (Phi) is 8.16. The van der Waals surface area contributed by atoms with Crippen LogP contribution in [0.25, 0.3) is 0 Å². The van der Waals surface area contributed by atoms with E-state index in [2.05, 4.69) is 26.1 Å². The summed E-state index contributed by atoms with van der Waals surface area (Å²) in [5, 5.41) is 3.17. The molecular weight excluding hydrogens is 234 g/mol. The molecule has 1 saturated carbocycles. The first-order chi connectivity index (χ1) is 9.13. The van der Waals surface area contributed by atoms with Crippen LogP contribution in [0.5, 0.6) is 0 Å². The van der Waals surface area contributed by atoms with Crippen LogP contribution in [0, 0.1) is 17.8 Å². The van der Waals surface area contributed by atoms with Crippen molar-refractivity contribution >= 4 is 5.91 Å². The number of carbonyl (C=O) groups excluding carboxylic acids is 1. The van der Waals surface area contributed by atoms with Gasteiger partial charge >= 0.3 is 0 Å². The number of nitrogens with one attached hydrogen (secondary N) is 1. The van der Waals surface area contributed by atoms with Gasteiger partial charge in [0.05, 0.1) is 0 Å². The molecule has 0 aliphatic heterocycles. The van der Waals surface area contributed by atoms with E-state index in [1.807, 2.05) is 0 Å². The van der Waals surface area contributed by atoms with Gasteiger partial charge in [0.15, 0.2) is 0 Å². The molecule has 0 aromatic rings. The molecule has 0 aromatic heterocycles. The normalized spacial score (nSPS) is 19.9. The maximum Gasteiger partial charge on any atom is 0.223 e. The summed E-state index contributed by atoms with van der Waals surface area (Å²) in [4.78, 5) is 12.0. The van der Waals surface area contributed by atoms with Crippen LogP contribution in [0.2, 0.25) is 0 Å². The molecule has 0 spiro atoms. The van der Waals surface area contributed by atoms with Gasteiger partial charge in [-0.05, 0) is 31.1 Å². The van der Waals surface area contributed by atoms with E-state index in [0.29, 0.717) is 17.7 Å². The van der Waals surface area contributed by atoms with Crippen molar-refractivity contribution in [2.24, 2.45) is 17.8 Å². The van der Waals surface area contributed by atoms with Crippen LogP contribution in [-0.4, -0.2) is 12.5 Å². The monoisotopic (exact) mass is 267 g/mol. The van der Waals surface area contributed by atoms with Crippen LogP contribution < -0.4 is 5.32 Å². The van der Waals surface area contributed by atoms with Crippen molar-refractivity contribution in [3.63, 3.8) is 0 Å². The first-order valence-electron chi connectivity index (χ1n) is 8.41. The molecule has 1 N–H and O–H groups in total. The molecule has 2 atom stereocenters. The van der Waals surface area contributed by atoms with Crippen LogP contribution in [0.4, 0.5) is 0 Å². The highest BCUT2D eigenvalue weighted by Gasteiger charge is 2.20. The Balaban J connectivity index is 2.08. The Morgan fingerprint density at radius 2 is 1.74 bits per heavy atom. The van der Waals surface area contributed by atoms with Gasteiger partial charge in [-0.3, -0.25) is 4.79 Å². The van der Waals surface area contributed by atoms with E-state index in [-0.39, 0.29) is 0 Å². The molecule has 1 amide bonds. The number of amides is 1. The van der Waals surface area contributed by atoms with Gasteiger partial charge in [-0.25, -0.2) is 0 Å². The summed E-state index contributed by atoms with van der Waals surface area (Å²) < 4.78 is 0. The summed E-state index contributed by atoms with van der Waals surface area (Å²) in [7, 11) is 0. The number of carbonyl (C=O) groups is 1. The fourth-order valence-corrected chi connectivity index (χ4v) is 2.90. The Bertz CT molecular complexity index is 246. The van der Waals surface area contributed by atoms with E-state index in [0.717, 1.165) is 25.3 Å². The summed E-state index contributed by atoms with van der Waals surface area (Å²) in [6.45, 7) is 7.72. The quantitative estimate of drug-likeness (QED) is 0.687. The highest BCUT2D eigenvalue weighted by atomic mass is 16.1. The van der Waals surface area contributed by atoms with E-state index in [4.69, 9.17) is 0 Å². The zero-order chi connectivity index (χ0) is 14.1. The van der Waals surface area contributed by atoms with Crippen LogP contribution in [0.15, 0.2) is 0 Å². The Morgan fingerprint density at radius 1 is 1.11 bits per heavy atom.